The third-order valence-electron chi connectivity index (χ3n) is 1.30. The fourth-order valence-electron chi connectivity index (χ4n) is 0.588. The zero-order valence-electron chi connectivity index (χ0n) is 5.29. The van der Waals surface area contributed by atoms with Crippen molar-refractivity contribution in [1.82, 2.24) is 0 Å². The highest BCUT2D eigenvalue weighted by Crippen LogP contribution is 2.45. The summed E-state index contributed by atoms with van der Waals surface area (Å²) in [6, 6.07) is 0. The monoisotopic (exact) mass is 252 g/mol. The van der Waals surface area contributed by atoms with Crippen LogP contribution in [0.15, 0.2) is 0 Å². The number of halogens is 5. The van der Waals surface area contributed by atoms with Crippen molar-refractivity contribution in [3.8, 4) is 0 Å². The zero-order chi connectivity index (χ0) is 8.70. The van der Waals surface area contributed by atoms with Crippen LogP contribution in [-0.4, -0.2) is 22.7 Å². The highest BCUT2D eigenvalue weighted by atomic mass is 79.9. The molecule has 1 rings (SSSR count). The first-order chi connectivity index (χ1) is 4.83. The van der Waals surface area contributed by atoms with Crippen LogP contribution < -0.4 is 0 Å². The van der Waals surface area contributed by atoms with Gasteiger partial charge < -0.3 is 4.74 Å². The molecule has 66 valence electrons. The predicted octanol–water partition coefficient (Wildman–Crippen LogP) is 2.67. The Morgan fingerprint density at radius 3 is 2.27 bits per heavy atom. The van der Waals surface area contributed by atoms with E-state index in [4.69, 9.17) is 11.6 Å². The zero-order valence-corrected chi connectivity index (χ0v) is 7.63. The molecule has 0 aromatic rings. The van der Waals surface area contributed by atoms with Gasteiger partial charge in [-0.05, 0) is 15.9 Å². The molecule has 0 N–H and O–H groups in total. The molecule has 0 amide bonds. The molecule has 1 aliphatic heterocycles. The van der Waals surface area contributed by atoms with Crippen molar-refractivity contribution >= 4 is 27.5 Å². The standard InChI is InChI=1S/C5H5BrClF3O/c6-5(9,10)4(7,8)1-3-2-11-3/h3H,1-2H2/t3-,4+/m0/s1. The van der Waals surface area contributed by atoms with Gasteiger partial charge in [0.1, 0.15) is 0 Å². The maximum Gasteiger partial charge on any atom is 0.348 e. The molecule has 2 atom stereocenters. The second-order valence-electron chi connectivity index (χ2n) is 2.36. The van der Waals surface area contributed by atoms with Gasteiger partial charge in [0.2, 0.25) is 0 Å². The van der Waals surface area contributed by atoms with Crippen LogP contribution in [0.2, 0.25) is 0 Å². The van der Waals surface area contributed by atoms with Gasteiger partial charge >= 0.3 is 4.83 Å². The molecule has 0 aliphatic carbocycles. The molecule has 0 bridgehead atoms. The van der Waals surface area contributed by atoms with Gasteiger partial charge in [-0.1, -0.05) is 11.6 Å². The Labute approximate surface area is 75.0 Å². The van der Waals surface area contributed by atoms with E-state index in [-0.39, 0.29) is 0 Å². The maximum atomic E-state index is 12.8. The Bertz CT molecular complexity index is 154. The third-order valence-corrected chi connectivity index (χ3v) is 2.55. The van der Waals surface area contributed by atoms with Gasteiger partial charge in [-0.3, -0.25) is 0 Å². The molecule has 1 heterocycles. The number of ether oxygens (including phenoxy) is 1. The summed E-state index contributed by atoms with van der Waals surface area (Å²) in [5.74, 6) is 0. The summed E-state index contributed by atoms with van der Waals surface area (Å²) in [6.07, 6.45) is -0.951. The molecule has 0 aromatic heterocycles. The topological polar surface area (TPSA) is 12.5 Å². The minimum absolute atomic E-state index is 0.307. The summed E-state index contributed by atoms with van der Waals surface area (Å²) in [4.78, 5) is -3.70. The quantitative estimate of drug-likeness (QED) is 0.556. The SMILES string of the molecule is FC(F)(Br)[C@@](F)(Cl)C[C@H]1CO1. The van der Waals surface area contributed by atoms with Gasteiger partial charge in [0.05, 0.1) is 12.7 Å². The van der Waals surface area contributed by atoms with Crippen LogP contribution in [-0.2, 0) is 4.74 Å². The lowest BCUT2D eigenvalue weighted by Crippen LogP contribution is -2.35. The minimum atomic E-state index is -3.70. The Morgan fingerprint density at radius 2 is 2.00 bits per heavy atom. The number of epoxide rings is 1. The average Bonchev–Trinajstić information content (AvgIpc) is 2.45. The largest absolute Gasteiger partial charge is 0.373 e. The second kappa shape index (κ2) is 2.78. The normalized spacial score (nSPS) is 29.7. The van der Waals surface area contributed by atoms with E-state index in [9.17, 15) is 13.2 Å². The third kappa shape index (κ3) is 2.49. The van der Waals surface area contributed by atoms with Crippen molar-refractivity contribution in [2.45, 2.75) is 22.5 Å². The number of hydrogen-bond donors (Lipinski definition) is 0. The van der Waals surface area contributed by atoms with Crippen LogP contribution in [0.1, 0.15) is 6.42 Å². The molecule has 6 heteroatoms. The average molecular weight is 253 g/mol. The van der Waals surface area contributed by atoms with Crippen LogP contribution in [0.5, 0.6) is 0 Å². The summed E-state index contributed by atoms with van der Waals surface area (Å²) in [7, 11) is 0. The van der Waals surface area contributed by atoms with Crippen LogP contribution in [0, 0.1) is 0 Å². The molecule has 1 saturated heterocycles. The first-order valence-electron chi connectivity index (χ1n) is 2.89. The lowest BCUT2D eigenvalue weighted by molar-refractivity contribution is -0.0130. The molecule has 0 unspecified atom stereocenters. The van der Waals surface area contributed by atoms with E-state index in [1.807, 2.05) is 15.9 Å². The smallest absolute Gasteiger partial charge is 0.348 e. The lowest BCUT2D eigenvalue weighted by atomic mass is 10.2. The summed E-state index contributed by atoms with van der Waals surface area (Å²) in [5.41, 5.74) is 0. The van der Waals surface area contributed by atoms with E-state index in [0.29, 0.717) is 6.61 Å². The van der Waals surface area contributed by atoms with Gasteiger partial charge in [-0.15, -0.1) is 0 Å². The molecule has 1 aliphatic rings. The number of hydrogen-bond acceptors (Lipinski definition) is 1. The molecule has 1 nitrogen and oxygen atoms in total. The van der Waals surface area contributed by atoms with Gasteiger partial charge in [0.15, 0.2) is 0 Å². The van der Waals surface area contributed by atoms with Crippen LogP contribution in [0.4, 0.5) is 13.2 Å². The van der Waals surface area contributed by atoms with E-state index in [0.717, 1.165) is 0 Å². The van der Waals surface area contributed by atoms with Crippen LogP contribution >= 0.6 is 27.5 Å². The molecule has 11 heavy (non-hydrogen) atoms. The molecule has 0 aromatic carbocycles. The Balaban J connectivity index is 2.49. The van der Waals surface area contributed by atoms with Crippen molar-refractivity contribution in [2.75, 3.05) is 6.61 Å². The Morgan fingerprint density at radius 1 is 1.55 bits per heavy atom. The van der Waals surface area contributed by atoms with E-state index in [2.05, 4.69) is 4.74 Å². The predicted molar refractivity (Wildman–Crippen MR) is 37.9 cm³/mol. The summed E-state index contributed by atoms with van der Waals surface area (Å²) < 4.78 is 41.8. The van der Waals surface area contributed by atoms with Crippen molar-refractivity contribution < 1.29 is 17.9 Å². The molecular formula is C5H5BrClF3O. The highest BCUT2D eigenvalue weighted by molar-refractivity contribution is 9.10. The van der Waals surface area contributed by atoms with Crippen molar-refractivity contribution in [2.24, 2.45) is 0 Å². The second-order valence-corrected chi connectivity index (χ2v) is 3.96. The summed E-state index contributed by atoms with van der Waals surface area (Å²) in [6.45, 7) is 0.307. The van der Waals surface area contributed by atoms with Crippen molar-refractivity contribution in [1.29, 1.82) is 0 Å². The molecule has 0 radical (unpaired) electrons. The molecule has 0 saturated carbocycles. The first kappa shape index (κ1) is 9.61. The lowest BCUT2D eigenvalue weighted by Gasteiger charge is -2.21. The van der Waals surface area contributed by atoms with E-state index >= 15 is 0 Å². The van der Waals surface area contributed by atoms with Crippen LogP contribution in [0.25, 0.3) is 0 Å². The Hall–Kier alpha value is 0.520. The van der Waals surface area contributed by atoms with Gasteiger partial charge in [0.25, 0.3) is 5.13 Å². The molecular weight excluding hydrogens is 248 g/mol. The molecule has 0 spiro atoms. The number of alkyl halides is 5. The summed E-state index contributed by atoms with van der Waals surface area (Å²) in [5, 5.41) is -3.05. The van der Waals surface area contributed by atoms with E-state index in [1.165, 1.54) is 0 Å². The Kier molecular flexibility index (Phi) is 2.43. The fourth-order valence-corrected chi connectivity index (χ4v) is 0.922. The number of rotatable bonds is 3. The first-order valence-corrected chi connectivity index (χ1v) is 4.06. The maximum absolute atomic E-state index is 12.8. The minimum Gasteiger partial charge on any atom is -0.373 e. The van der Waals surface area contributed by atoms with Gasteiger partial charge in [-0.2, -0.15) is 8.78 Å². The summed E-state index contributed by atoms with van der Waals surface area (Å²) >= 11 is 6.76. The van der Waals surface area contributed by atoms with Crippen molar-refractivity contribution in [3.05, 3.63) is 0 Å². The highest BCUT2D eigenvalue weighted by Gasteiger charge is 2.54. The van der Waals surface area contributed by atoms with E-state index < -0.39 is 22.5 Å². The van der Waals surface area contributed by atoms with Crippen LogP contribution in [0.3, 0.4) is 0 Å². The molecule has 1 fully saturated rings. The van der Waals surface area contributed by atoms with Gasteiger partial charge in [-0.25, -0.2) is 4.39 Å². The van der Waals surface area contributed by atoms with E-state index in [1.54, 1.807) is 0 Å². The fraction of sp³-hybridized carbons (Fsp3) is 1.00. The van der Waals surface area contributed by atoms with Crippen molar-refractivity contribution in [3.63, 3.8) is 0 Å². The van der Waals surface area contributed by atoms with Gasteiger partial charge in [0, 0.05) is 6.42 Å².